The maximum atomic E-state index is 11.9. The number of ether oxygens (including phenoxy) is 1. The second-order valence-corrected chi connectivity index (χ2v) is 9.54. The van der Waals surface area contributed by atoms with Crippen LogP contribution in [0, 0.1) is 0 Å². The Hall–Kier alpha value is -0.414. The van der Waals surface area contributed by atoms with Gasteiger partial charge in [0.2, 0.25) is 0 Å². The van der Waals surface area contributed by atoms with Crippen molar-refractivity contribution in [1.29, 1.82) is 0 Å². The van der Waals surface area contributed by atoms with Gasteiger partial charge in [-0.05, 0) is 36.6 Å². The van der Waals surface area contributed by atoms with Crippen molar-refractivity contribution >= 4 is 10.1 Å². The molecule has 0 unspecified atom stereocenters. The van der Waals surface area contributed by atoms with Gasteiger partial charge in [0.1, 0.15) is 11.5 Å². The van der Waals surface area contributed by atoms with E-state index in [0.29, 0.717) is 6.42 Å². The van der Waals surface area contributed by atoms with Crippen LogP contribution in [0.3, 0.4) is 0 Å². The van der Waals surface area contributed by atoms with Gasteiger partial charge in [-0.25, -0.2) is 0 Å². The third-order valence-corrected chi connectivity index (χ3v) is 6.22. The molecule has 0 saturated heterocycles. The third-order valence-electron chi connectivity index (χ3n) is 5.38. The van der Waals surface area contributed by atoms with E-state index >= 15 is 0 Å². The first-order chi connectivity index (χ1) is 14.9. The zero-order chi connectivity index (χ0) is 22.5. The molecule has 0 amide bonds. The Morgan fingerprint density at radius 1 is 0.844 bits per heavy atom. The average Bonchev–Trinajstić information content (AvgIpc) is 2.73. The van der Waals surface area contributed by atoms with E-state index in [9.17, 15) is 18.1 Å². The fourth-order valence-electron chi connectivity index (χ4n) is 3.64. The Kier molecular flexibility index (Phi) is 15.0. The molecule has 0 bridgehead atoms. The summed E-state index contributed by atoms with van der Waals surface area (Å²) in [5.41, 5.74) is 0.768. The Bertz CT molecular complexity index is 899. The topological polar surface area (TPSA) is 86.7 Å². The zero-order valence-electron chi connectivity index (χ0n) is 19.5. The maximum absolute atomic E-state index is 11.9. The number of rotatable bonds is 15. The summed E-state index contributed by atoms with van der Waals surface area (Å²) in [4.78, 5) is -0.216. The van der Waals surface area contributed by atoms with Crippen LogP contribution < -0.4 is 61.2 Å². The van der Waals surface area contributed by atoms with Crippen LogP contribution in [-0.4, -0.2) is 13.0 Å². The molecule has 0 fully saturated rings. The SMILES string of the molecule is CCCCCCCCCCCCCc1cc(Oc2ccccc2[O-])cc(S(=O)(=O)O)c1.[K+]. The van der Waals surface area contributed by atoms with E-state index in [4.69, 9.17) is 4.74 Å². The largest absolute Gasteiger partial charge is 1.00 e. The molecule has 172 valence electrons. The molecule has 0 spiro atoms. The van der Waals surface area contributed by atoms with Gasteiger partial charge in [-0.15, -0.1) is 0 Å². The molecule has 0 aliphatic rings. The second-order valence-electron chi connectivity index (χ2n) is 8.12. The van der Waals surface area contributed by atoms with Crippen molar-refractivity contribution in [2.75, 3.05) is 0 Å². The minimum Gasteiger partial charge on any atom is -0.870 e. The molecule has 7 heteroatoms. The molecule has 32 heavy (non-hydrogen) atoms. The van der Waals surface area contributed by atoms with Crippen LogP contribution in [0.15, 0.2) is 47.4 Å². The molecule has 0 heterocycles. The molecule has 1 N–H and O–H groups in total. The van der Waals surface area contributed by atoms with Crippen molar-refractivity contribution in [1.82, 2.24) is 0 Å². The normalized spacial score (nSPS) is 11.2. The molecule has 0 atom stereocenters. The average molecular weight is 487 g/mol. The smallest absolute Gasteiger partial charge is 0.870 e. The first-order valence-electron chi connectivity index (χ1n) is 11.5. The van der Waals surface area contributed by atoms with Crippen LogP contribution in [0.2, 0.25) is 0 Å². The van der Waals surface area contributed by atoms with Crippen LogP contribution in [0.4, 0.5) is 0 Å². The van der Waals surface area contributed by atoms with Crippen molar-refractivity contribution in [3.05, 3.63) is 48.0 Å². The summed E-state index contributed by atoms with van der Waals surface area (Å²) in [6.45, 7) is 2.23. The van der Waals surface area contributed by atoms with Crippen molar-refractivity contribution in [3.8, 4) is 17.2 Å². The molecule has 0 radical (unpaired) electrons. The molecular formula is C25H35KO5S. The number of hydrogen-bond acceptors (Lipinski definition) is 4. The molecule has 0 saturated carbocycles. The van der Waals surface area contributed by atoms with E-state index < -0.39 is 10.1 Å². The summed E-state index contributed by atoms with van der Waals surface area (Å²) in [5.74, 6) is 0.0683. The Balaban J connectivity index is 0.00000512. The maximum Gasteiger partial charge on any atom is 1.00 e. The molecule has 0 aliphatic heterocycles. The Morgan fingerprint density at radius 3 is 1.97 bits per heavy atom. The number of unbranched alkanes of at least 4 members (excludes halogenated alkanes) is 10. The van der Waals surface area contributed by atoms with Crippen LogP contribution in [0.1, 0.15) is 83.1 Å². The minimum absolute atomic E-state index is 0. The predicted molar refractivity (Wildman–Crippen MR) is 122 cm³/mol. The van der Waals surface area contributed by atoms with E-state index in [-0.39, 0.29) is 73.5 Å². The van der Waals surface area contributed by atoms with Gasteiger partial charge < -0.3 is 9.84 Å². The number of hydrogen-bond donors (Lipinski definition) is 1. The third kappa shape index (κ3) is 11.6. The van der Waals surface area contributed by atoms with Gasteiger partial charge >= 0.3 is 51.4 Å². The van der Waals surface area contributed by atoms with Crippen molar-refractivity contribution < 1.29 is 74.2 Å². The number of benzene rings is 2. The van der Waals surface area contributed by atoms with E-state index in [0.717, 1.165) is 18.4 Å². The van der Waals surface area contributed by atoms with Crippen LogP contribution in [0.25, 0.3) is 0 Å². The molecule has 2 rings (SSSR count). The van der Waals surface area contributed by atoms with E-state index in [2.05, 4.69) is 6.92 Å². The van der Waals surface area contributed by atoms with Gasteiger partial charge in [0, 0.05) is 6.07 Å². The number of aryl methyl sites for hydroxylation is 1. The summed E-state index contributed by atoms with van der Waals surface area (Å²) in [6.07, 6.45) is 14.3. The molecule has 0 aliphatic carbocycles. The van der Waals surface area contributed by atoms with Crippen molar-refractivity contribution in [2.24, 2.45) is 0 Å². The predicted octanol–water partition coefficient (Wildman–Crippen LogP) is 3.66. The van der Waals surface area contributed by atoms with Crippen molar-refractivity contribution in [2.45, 2.75) is 88.9 Å². The van der Waals surface area contributed by atoms with Gasteiger partial charge in [-0.1, -0.05) is 95.1 Å². The van der Waals surface area contributed by atoms with E-state index in [1.165, 1.54) is 82.1 Å². The van der Waals surface area contributed by atoms with E-state index in [1.807, 2.05) is 0 Å². The van der Waals surface area contributed by atoms with Crippen LogP contribution in [-0.2, 0) is 16.5 Å². The minimum atomic E-state index is -4.36. The standard InChI is InChI=1S/C25H36O5S.K/c1-2-3-4-5-6-7-8-9-10-11-12-15-21-18-22(20-23(19-21)31(27,28)29)30-25-17-14-13-16-24(25)26;/h13-14,16-20,26H,2-12,15H2,1H3,(H,27,28,29);/q;+1/p-1. The van der Waals surface area contributed by atoms with Gasteiger partial charge in [-0.3, -0.25) is 4.55 Å². The fourth-order valence-corrected chi connectivity index (χ4v) is 4.20. The van der Waals surface area contributed by atoms with Gasteiger partial charge in [0.15, 0.2) is 0 Å². The van der Waals surface area contributed by atoms with E-state index in [1.54, 1.807) is 18.2 Å². The first-order valence-corrected chi connectivity index (χ1v) is 12.9. The monoisotopic (exact) mass is 486 g/mol. The molecular weight excluding hydrogens is 451 g/mol. The molecule has 2 aromatic rings. The Labute approximate surface area is 236 Å². The molecule has 5 nitrogen and oxygen atoms in total. The van der Waals surface area contributed by atoms with Crippen molar-refractivity contribution in [3.63, 3.8) is 0 Å². The van der Waals surface area contributed by atoms with Gasteiger partial charge in [-0.2, -0.15) is 8.42 Å². The molecule has 0 aromatic heterocycles. The summed E-state index contributed by atoms with van der Waals surface area (Å²) >= 11 is 0. The quantitative estimate of drug-likeness (QED) is 0.236. The summed E-state index contributed by atoms with van der Waals surface area (Å²) < 4.78 is 38.4. The summed E-state index contributed by atoms with van der Waals surface area (Å²) in [7, 11) is -4.36. The van der Waals surface area contributed by atoms with Gasteiger partial charge in [0.05, 0.1) is 4.90 Å². The van der Waals surface area contributed by atoms with Gasteiger partial charge in [0.25, 0.3) is 10.1 Å². The number of para-hydroxylation sites is 2. The van der Waals surface area contributed by atoms with Crippen LogP contribution >= 0.6 is 0 Å². The zero-order valence-corrected chi connectivity index (χ0v) is 23.5. The Morgan fingerprint density at radius 2 is 1.41 bits per heavy atom. The summed E-state index contributed by atoms with van der Waals surface area (Å²) in [6, 6.07) is 10.7. The summed E-state index contributed by atoms with van der Waals surface area (Å²) in [5, 5.41) is 11.9. The van der Waals surface area contributed by atoms with Crippen LogP contribution in [0.5, 0.6) is 17.2 Å². The second kappa shape index (κ2) is 16.3. The first kappa shape index (κ1) is 29.6. The molecule has 2 aromatic carbocycles. The fraction of sp³-hybridized carbons (Fsp3) is 0.520.